The molecule has 6 nitrogen and oxygen atoms in total. The molecule has 1 aromatic heterocycles. The largest absolute Gasteiger partial charge is 0.375 e. The summed E-state index contributed by atoms with van der Waals surface area (Å²) >= 11 is 0. The fourth-order valence-electron chi connectivity index (χ4n) is 2.41. The summed E-state index contributed by atoms with van der Waals surface area (Å²) in [7, 11) is 0. The number of hydrogen-bond donors (Lipinski definition) is 3. The average molecular weight is 286 g/mol. The van der Waals surface area contributed by atoms with Crippen molar-refractivity contribution in [2.45, 2.75) is 19.1 Å². The van der Waals surface area contributed by atoms with Crippen LogP contribution in [0.25, 0.3) is 11.4 Å². The Hall–Kier alpha value is -2.18. The quantitative estimate of drug-likeness (QED) is 0.796. The zero-order chi connectivity index (χ0) is 14.7. The Morgan fingerprint density at radius 2 is 2.38 bits per heavy atom. The molecule has 1 aliphatic heterocycles. The molecule has 1 aliphatic rings. The van der Waals surface area contributed by atoms with Crippen LogP contribution in [0.2, 0.25) is 0 Å². The number of morpholine rings is 1. The molecular weight excluding hydrogens is 268 g/mol. The molecule has 2 atom stereocenters. The van der Waals surface area contributed by atoms with Crippen LogP contribution >= 0.6 is 0 Å². The first-order valence-corrected chi connectivity index (χ1v) is 7.00. The predicted octanol–water partition coefficient (Wildman–Crippen LogP) is 1.39. The second kappa shape index (κ2) is 6.07. The number of aromatic amines is 1. The lowest BCUT2D eigenvalue weighted by Gasteiger charge is -2.29. The van der Waals surface area contributed by atoms with E-state index in [4.69, 9.17) is 4.74 Å². The lowest BCUT2D eigenvalue weighted by atomic mass is 10.1. The fraction of sp³-hybridized carbons (Fsp3) is 0.333. The normalized spacial score (nSPS) is 22.0. The van der Waals surface area contributed by atoms with E-state index < -0.39 is 0 Å². The van der Waals surface area contributed by atoms with Crippen molar-refractivity contribution < 1.29 is 9.53 Å². The van der Waals surface area contributed by atoms with E-state index in [-0.39, 0.29) is 18.1 Å². The Morgan fingerprint density at radius 1 is 1.48 bits per heavy atom. The third-order valence-electron chi connectivity index (χ3n) is 3.50. The summed E-state index contributed by atoms with van der Waals surface area (Å²) in [6.45, 7) is 3.23. The van der Waals surface area contributed by atoms with Crippen LogP contribution in [0.15, 0.2) is 36.7 Å². The molecule has 6 heteroatoms. The molecule has 21 heavy (non-hydrogen) atoms. The Morgan fingerprint density at radius 3 is 3.14 bits per heavy atom. The SMILES string of the molecule is C[C@H]1OCCN[C@@H]1C(=O)Nc1cccc(-c2ncc[nH]2)c1. The number of benzene rings is 1. The predicted molar refractivity (Wildman–Crippen MR) is 79.9 cm³/mol. The number of nitrogens with one attached hydrogen (secondary N) is 3. The van der Waals surface area contributed by atoms with Gasteiger partial charge in [-0.15, -0.1) is 0 Å². The molecule has 1 fully saturated rings. The van der Waals surface area contributed by atoms with Crippen molar-refractivity contribution in [2.24, 2.45) is 0 Å². The number of H-pyrrole nitrogens is 1. The lowest BCUT2D eigenvalue weighted by Crippen LogP contribution is -2.53. The Bertz CT molecular complexity index is 612. The summed E-state index contributed by atoms with van der Waals surface area (Å²) in [5, 5.41) is 6.10. The van der Waals surface area contributed by atoms with Gasteiger partial charge in [-0.2, -0.15) is 0 Å². The van der Waals surface area contributed by atoms with E-state index in [0.717, 1.165) is 17.1 Å². The van der Waals surface area contributed by atoms with Crippen LogP contribution in [-0.4, -0.2) is 41.2 Å². The number of amides is 1. The highest BCUT2D eigenvalue weighted by molar-refractivity contribution is 5.95. The smallest absolute Gasteiger partial charge is 0.244 e. The van der Waals surface area contributed by atoms with E-state index in [0.29, 0.717) is 13.2 Å². The number of ether oxygens (including phenoxy) is 1. The van der Waals surface area contributed by atoms with Crippen molar-refractivity contribution in [3.05, 3.63) is 36.7 Å². The van der Waals surface area contributed by atoms with Gasteiger partial charge in [-0.1, -0.05) is 12.1 Å². The molecule has 0 spiro atoms. The van der Waals surface area contributed by atoms with E-state index >= 15 is 0 Å². The van der Waals surface area contributed by atoms with E-state index in [1.807, 2.05) is 31.2 Å². The maximum atomic E-state index is 12.3. The van der Waals surface area contributed by atoms with Gasteiger partial charge in [-0.05, 0) is 19.1 Å². The molecule has 0 unspecified atom stereocenters. The summed E-state index contributed by atoms with van der Waals surface area (Å²) in [5.74, 6) is 0.692. The molecule has 0 bridgehead atoms. The van der Waals surface area contributed by atoms with Crippen molar-refractivity contribution in [3.63, 3.8) is 0 Å². The monoisotopic (exact) mass is 286 g/mol. The van der Waals surface area contributed by atoms with Crippen LogP contribution in [0.5, 0.6) is 0 Å². The number of imidazole rings is 1. The molecule has 2 aromatic rings. The third-order valence-corrected chi connectivity index (χ3v) is 3.50. The van der Waals surface area contributed by atoms with Gasteiger partial charge in [0.25, 0.3) is 0 Å². The van der Waals surface area contributed by atoms with Gasteiger partial charge in [0.1, 0.15) is 11.9 Å². The Kier molecular flexibility index (Phi) is 3.98. The van der Waals surface area contributed by atoms with Crippen LogP contribution in [0.4, 0.5) is 5.69 Å². The van der Waals surface area contributed by atoms with Crippen LogP contribution < -0.4 is 10.6 Å². The highest BCUT2D eigenvalue weighted by atomic mass is 16.5. The second-order valence-electron chi connectivity index (χ2n) is 5.02. The zero-order valence-corrected chi connectivity index (χ0v) is 11.8. The van der Waals surface area contributed by atoms with Crippen LogP contribution in [0, 0.1) is 0 Å². The van der Waals surface area contributed by atoms with Crippen molar-refractivity contribution >= 4 is 11.6 Å². The first-order chi connectivity index (χ1) is 10.2. The number of aromatic nitrogens is 2. The average Bonchev–Trinajstić information content (AvgIpc) is 3.02. The molecule has 1 aromatic carbocycles. The Balaban J connectivity index is 1.73. The molecule has 0 saturated carbocycles. The van der Waals surface area contributed by atoms with E-state index in [1.54, 1.807) is 12.4 Å². The summed E-state index contributed by atoms with van der Waals surface area (Å²) in [6.07, 6.45) is 3.34. The minimum Gasteiger partial charge on any atom is -0.375 e. The van der Waals surface area contributed by atoms with Crippen LogP contribution in [-0.2, 0) is 9.53 Å². The van der Waals surface area contributed by atoms with Crippen molar-refractivity contribution in [3.8, 4) is 11.4 Å². The van der Waals surface area contributed by atoms with Crippen LogP contribution in [0.1, 0.15) is 6.92 Å². The minimum atomic E-state index is -0.328. The molecular formula is C15H18N4O2. The third kappa shape index (κ3) is 3.12. The fourth-order valence-corrected chi connectivity index (χ4v) is 2.41. The molecule has 0 radical (unpaired) electrons. The van der Waals surface area contributed by atoms with Crippen LogP contribution in [0.3, 0.4) is 0 Å². The molecule has 1 amide bonds. The highest BCUT2D eigenvalue weighted by Crippen LogP contribution is 2.19. The minimum absolute atomic E-state index is 0.0844. The van der Waals surface area contributed by atoms with E-state index in [1.165, 1.54) is 0 Å². The van der Waals surface area contributed by atoms with Gasteiger partial charge in [0, 0.05) is 30.2 Å². The molecule has 3 rings (SSSR count). The number of nitrogens with zero attached hydrogens (tertiary/aromatic N) is 1. The second-order valence-corrected chi connectivity index (χ2v) is 5.02. The zero-order valence-electron chi connectivity index (χ0n) is 11.8. The van der Waals surface area contributed by atoms with Gasteiger partial charge in [0.05, 0.1) is 12.7 Å². The van der Waals surface area contributed by atoms with Gasteiger partial charge >= 0.3 is 0 Å². The molecule has 1 saturated heterocycles. The Labute approximate surface area is 122 Å². The van der Waals surface area contributed by atoms with Gasteiger partial charge in [-0.25, -0.2) is 4.98 Å². The van der Waals surface area contributed by atoms with E-state index in [2.05, 4.69) is 20.6 Å². The molecule has 0 aliphatic carbocycles. The van der Waals surface area contributed by atoms with E-state index in [9.17, 15) is 4.79 Å². The summed E-state index contributed by atoms with van der Waals surface area (Å²) in [5.41, 5.74) is 1.67. The number of anilines is 1. The maximum Gasteiger partial charge on any atom is 0.244 e. The summed E-state index contributed by atoms with van der Waals surface area (Å²) < 4.78 is 5.49. The molecule has 110 valence electrons. The van der Waals surface area contributed by atoms with Crippen molar-refractivity contribution in [2.75, 3.05) is 18.5 Å². The number of carbonyl (C=O) groups excluding carboxylic acids is 1. The van der Waals surface area contributed by atoms with Gasteiger partial charge in [-0.3, -0.25) is 4.79 Å². The number of carbonyl (C=O) groups is 1. The summed E-state index contributed by atoms with van der Waals surface area (Å²) in [4.78, 5) is 19.6. The van der Waals surface area contributed by atoms with Gasteiger partial charge in [0.15, 0.2) is 0 Å². The molecule has 3 N–H and O–H groups in total. The number of hydrogen-bond acceptors (Lipinski definition) is 4. The number of rotatable bonds is 3. The topological polar surface area (TPSA) is 79.0 Å². The lowest BCUT2D eigenvalue weighted by molar-refractivity contribution is -0.123. The maximum absolute atomic E-state index is 12.3. The highest BCUT2D eigenvalue weighted by Gasteiger charge is 2.28. The van der Waals surface area contributed by atoms with Crippen molar-refractivity contribution in [1.29, 1.82) is 0 Å². The van der Waals surface area contributed by atoms with Gasteiger partial charge in [0.2, 0.25) is 5.91 Å². The first kappa shape index (κ1) is 13.8. The molecule has 2 heterocycles. The van der Waals surface area contributed by atoms with Crippen molar-refractivity contribution in [1.82, 2.24) is 15.3 Å². The first-order valence-electron chi connectivity index (χ1n) is 7.00. The standard InChI is InChI=1S/C15H18N4O2/c1-10-13(16-7-8-21-10)15(20)19-12-4-2-3-11(9-12)14-17-5-6-18-14/h2-6,9-10,13,16H,7-8H2,1H3,(H,17,18)(H,19,20)/t10-,13+/m1/s1. The van der Waals surface area contributed by atoms with Gasteiger partial charge < -0.3 is 20.4 Å². The summed E-state index contributed by atoms with van der Waals surface area (Å²) in [6, 6.07) is 7.26.